The molecule has 8 bridgehead atoms. The molecule has 0 radical (unpaired) electrons. The Balaban J connectivity index is 0.995. The summed E-state index contributed by atoms with van der Waals surface area (Å²) in [4.78, 5) is 52.8. The maximum absolute atomic E-state index is 13.0. The Morgan fingerprint density at radius 3 is 1.15 bits per heavy atom. The van der Waals surface area contributed by atoms with E-state index in [1.165, 1.54) is 32.7 Å². The number of H-pyrrole nitrogens is 1. The molecule has 0 unspecified atom stereocenters. The number of methoxy groups -OCH3 is 3. The fraction of sp³-hybridized carbons (Fsp3) is 0.312. The van der Waals surface area contributed by atoms with Crippen molar-refractivity contribution in [3.63, 3.8) is 0 Å². The quantitative estimate of drug-likeness (QED) is 0.0161. The number of imide groups is 3. The first kappa shape index (κ1) is 79.4. The number of fused-ring (bicyclic) bond motifs is 8. The van der Waals surface area contributed by atoms with Crippen molar-refractivity contribution < 1.29 is 119 Å². The number of carbonyl (C=O) groups is 3. The highest BCUT2D eigenvalue weighted by Gasteiger charge is 2.34. The van der Waals surface area contributed by atoms with Gasteiger partial charge in [0.25, 0.3) is 5.91 Å². The molecule has 107 heavy (non-hydrogen) atoms. The predicted molar refractivity (Wildman–Crippen MR) is 383 cm³/mol. The van der Waals surface area contributed by atoms with Gasteiger partial charge in [0.15, 0.2) is 109 Å². The molecule has 1 saturated heterocycles. The molecule has 3 aliphatic rings. The number of hydrogen-bond donors (Lipinski definition) is 1. The first-order valence-corrected chi connectivity index (χ1v) is 33.6. The van der Waals surface area contributed by atoms with Crippen LogP contribution >= 0.6 is 11.3 Å². The Labute approximate surface area is 619 Å². The number of aromatic nitrogens is 3. The van der Waals surface area contributed by atoms with Crippen LogP contribution in [0.5, 0.6) is 23.0 Å². The molecule has 0 aliphatic carbocycles. The van der Waals surface area contributed by atoms with Gasteiger partial charge in [0, 0.05) is 65.8 Å². The lowest BCUT2D eigenvalue weighted by molar-refractivity contribution is -0.209. The van der Waals surface area contributed by atoms with Crippen molar-refractivity contribution in [2.75, 3.05) is 150 Å². The highest BCUT2D eigenvalue weighted by Crippen LogP contribution is 2.37. The standard InChI is InChI=1S/C77H76N4O25S/c1-85-37-88-40-91-43-94-46-97-49-100-52-104-60-10-4-7-55(33-60)13-20-63-66-23-24-67(78-66)64(21-14-56-8-5-11-61(34-56)105-53-101-50-98-47-95-44-92-41-89-38-86-2)69-27-28-71(80-69)77(58-16-18-59(19-17-58)103-36-76(84)81-74(82)31-32-75(81)83)73-30-29-72(107-73)65(70-26-25-68(63)79-70)22-15-57-9-6-12-62(35-57)106-54-102-51-99-48-96-45-93-42-90-39-87-3/h4-12,16-19,23-30,33-35,78H,31-32,36-54H2,1-3H3. The Kier molecular flexibility index (Phi) is 33.2. The number of benzene rings is 4. The second-order valence-corrected chi connectivity index (χ2v) is 23.1. The van der Waals surface area contributed by atoms with Gasteiger partial charge in [-0.05, 0) is 121 Å². The number of aromatic amines is 1. The molecule has 1 fully saturated rings. The summed E-state index contributed by atoms with van der Waals surface area (Å²) in [5.74, 6) is 20.4. The molecule has 560 valence electrons. The van der Waals surface area contributed by atoms with E-state index in [1.54, 1.807) is 48.5 Å². The fourth-order valence-electron chi connectivity index (χ4n) is 9.76. The monoisotopic (exact) mass is 1490 g/mol. The zero-order valence-electron chi connectivity index (χ0n) is 58.7. The third-order valence-corrected chi connectivity index (χ3v) is 15.6. The third kappa shape index (κ3) is 25.8. The molecule has 10 rings (SSSR count). The second kappa shape index (κ2) is 44.7. The molecular weight excluding hydrogens is 1410 g/mol. The largest absolute Gasteiger partial charge is 0.484 e. The second-order valence-electron chi connectivity index (χ2n) is 22.0. The minimum atomic E-state index is -0.746. The van der Waals surface area contributed by atoms with Crippen LogP contribution in [0.2, 0.25) is 0 Å². The zero-order valence-corrected chi connectivity index (χ0v) is 59.5. The minimum Gasteiger partial charge on any atom is -0.484 e. The SMILES string of the molecule is COCOCOCOCOCOCOc1cccc(C#Cc2c3nc(c(C#Cc4cccc(OCOCOCOCOCOCOC)c4)c4ccc(s4)c(-c4ccc(OCC(=O)N5C(=O)CCC5=O)cc4)c4nc(c(C#Cc5cccc(OCOCOCOCOCOCOC)c5)c5ccc2[nH]5)C=C4)C=C3)c1. The van der Waals surface area contributed by atoms with Gasteiger partial charge in [-0.2, -0.15) is 0 Å². The van der Waals surface area contributed by atoms with E-state index < -0.39 is 24.3 Å². The molecular formula is C77H76N4O25S. The highest BCUT2D eigenvalue weighted by molar-refractivity contribution is 7.24. The molecule has 7 aromatic rings. The summed E-state index contributed by atoms with van der Waals surface area (Å²) in [5, 5.41) is 0. The van der Waals surface area contributed by atoms with E-state index in [4.69, 9.17) is 114 Å². The Bertz CT molecular complexity index is 4410. The van der Waals surface area contributed by atoms with Gasteiger partial charge in [-0.25, -0.2) is 14.9 Å². The summed E-state index contributed by atoms with van der Waals surface area (Å²) in [5.41, 5.74) is 8.41. The Morgan fingerprint density at radius 2 is 0.738 bits per heavy atom. The molecule has 29 nitrogen and oxygen atoms in total. The molecule has 0 atom stereocenters. The van der Waals surface area contributed by atoms with E-state index in [1.807, 2.05) is 97.1 Å². The predicted octanol–water partition coefficient (Wildman–Crippen LogP) is 9.87. The van der Waals surface area contributed by atoms with Gasteiger partial charge in [-0.15, -0.1) is 11.3 Å². The Hall–Kier alpha value is -10.1. The lowest BCUT2D eigenvalue weighted by Crippen LogP contribution is -2.38. The van der Waals surface area contributed by atoms with Crippen LogP contribution in [0.1, 0.15) is 69.0 Å². The van der Waals surface area contributed by atoms with Crippen LogP contribution in [0.4, 0.5) is 0 Å². The summed E-state index contributed by atoms with van der Waals surface area (Å²) >= 11 is 1.47. The molecule has 0 spiro atoms. The van der Waals surface area contributed by atoms with E-state index in [0.29, 0.717) is 95.1 Å². The minimum absolute atomic E-state index is 0.00367. The van der Waals surface area contributed by atoms with Crippen molar-refractivity contribution in [1.82, 2.24) is 19.9 Å². The lowest BCUT2D eigenvalue weighted by atomic mass is 10.0. The van der Waals surface area contributed by atoms with Crippen LogP contribution in [0.15, 0.2) is 121 Å². The smallest absolute Gasteiger partial charge is 0.273 e. The summed E-state index contributed by atoms with van der Waals surface area (Å²) in [6.07, 6.45) is 7.56. The van der Waals surface area contributed by atoms with Crippen LogP contribution in [-0.2, 0) is 99.6 Å². The van der Waals surface area contributed by atoms with Gasteiger partial charge in [0.05, 0.1) is 50.5 Å². The maximum Gasteiger partial charge on any atom is 0.273 e. The highest BCUT2D eigenvalue weighted by atomic mass is 32.1. The van der Waals surface area contributed by atoms with Crippen molar-refractivity contribution in [3.05, 3.63) is 177 Å². The third-order valence-electron chi connectivity index (χ3n) is 14.5. The van der Waals surface area contributed by atoms with Crippen molar-refractivity contribution in [1.29, 1.82) is 0 Å². The van der Waals surface area contributed by atoms with E-state index in [2.05, 4.69) is 40.5 Å². The van der Waals surface area contributed by atoms with E-state index in [-0.39, 0.29) is 135 Å². The van der Waals surface area contributed by atoms with Gasteiger partial charge >= 0.3 is 0 Å². The summed E-state index contributed by atoms with van der Waals surface area (Å²) in [7, 11) is 4.53. The normalized spacial score (nSPS) is 12.2. The lowest BCUT2D eigenvalue weighted by Gasteiger charge is -2.13. The topological polar surface area (TPSA) is 299 Å². The molecule has 3 amide bonds. The van der Waals surface area contributed by atoms with Gasteiger partial charge in [0.1, 0.15) is 43.4 Å². The molecule has 0 saturated carbocycles. The molecule has 6 heterocycles. The maximum atomic E-state index is 13.0. The number of hydrogen-bond acceptors (Lipinski definition) is 28. The van der Waals surface area contributed by atoms with Crippen molar-refractivity contribution in [3.8, 4) is 69.6 Å². The number of nitrogens with one attached hydrogen (secondary N) is 1. The molecule has 3 aliphatic heterocycles. The van der Waals surface area contributed by atoms with E-state index >= 15 is 0 Å². The number of carbonyl (C=O) groups excluding carboxylic acids is 3. The Morgan fingerprint density at radius 1 is 0.383 bits per heavy atom. The van der Waals surface area contributed by atoms with Crippen LogP contribution in [0.3, 0.4) is 0 Å². The van der Waals surface area contributed by atoms with Gasteiger partial charge in [-0.3, -0.25) is 14.4 Å². The molecule has 30 heteroatoms. The first-order valence-electron chi connectivity index (χ1n) is 32.8. The number of thiophene rings is 1. The van der Waals surface area contributed by atoms with Crippen LogP contribution in [0.25, 0.3) is 55.9 Å². The van der Waals surface area contributed by atoms with Crippen LogP contribution in [0, 0.1) is 35.5 Å². The summed E-state index contributed by atoms with van der Waals surface area (Å²) in [6.45, 7) is -1.33. The van der Waals surface area contributed by atoms with E-state index in [9.17, 15) is 14.4 Å². The van der Waals surface area contributed by atoms with E-state index in [0.717, 1.165) is 20.5 Å². The van der Waals surface area contributed by atoms with Crippen molar-refractivity contribution in [2.45, 2.75) is 12.8 Å². The average Bonchev–Trinajstić information content (AvgIpc) is 1.64. The number of likely N-dealkylation sites (tertiary alicyclic amines) is 1. The summed E-state index contributed by atoms with van der Waals surface area (Å²) in [6, 6.07) is 36.7. The van der Waals surface area contributed by atoms with Gasteiger partial charge in [0.2, 0.25) is 11.8 Å². The van der Waals surface area contributed by atoms with Crippen LogP contribution in [-0.4, -0.2) is 188 Å². The van der Waals surface area contributed by atoms with Gasteiger partial charge in [-0.1, -0.05) is 65.9 Å². The van der Waals surface area contributed by atoms with Crippen molar-refractivity contribution in [2.24, 2.45) is 0 Å². The van der Waals surface area contributed by atoms with Crippen LogP contribution < -0.4 is 18.9 Å². The first-order chi connectivity index (χ1) is 52.7. The zero-order chi connectivity index (χ0) is 74.3. The van der Waals surface area contributed by atoms with Crippen molar-refractivity contribution >= 4 is 73.8 Å². The fourth-order valence-corrected chi connectivity index (χ4v) is 10.8. The molecule has 4 aromatic carbocycles. The number of amides is 3. The number of nitrogens with zero attached hydrogens (tertiary/aromatic N) is 3. The molecule has 1 N–H and O–H groups in total. The summed E-state index contributed by atoms with van der Waals surface area (Å²) < 4.78 is 119. The molecule has 3 aromatic heterocycles. The van der Waals surface area contributed by atoms with Gasteiger partial charge < -0.3 is 109 Å². The number of ether oxygens (including phenoxy) is 22. The average molecular weight is 1490 g/mol. The number of rotatable bonds is 43.